The molecule has 3 N–H and O–H groups in total. The second-order valence-electron chi connectivity index (χ2n) is 2.94. The van der Waals surface area contributed by atoms with Gasteiger partial charge in [-0.15, -0.1) is 0 Å². The molecule has 0 fully saturated rings. The molecule has 1 aromatic heterocycles. The zero-order chi connectivity index (χ0) is 8.43. The summed E-state index contributed by atoms with van der Waals surface area (Å²) >= 11 is 0. The summed E-state index contributed by atoms with van der Waals surface area (Å²) in [4.78, 5) is 0. The Morgan fingerprint density at radius 2 is 2.18 bits per heavy atom. The van der Waals surface area contributed by atoms with Crippen LogP contribution in [-0.4, -0.2) is 5.11 Å². The van der Waals surface area contributed by atoms with Crippen molar-refractivity contribution in [2.75, 3.05) is 0 Å². The molecule has 1 atom stereocenters. The molecule has 0 aliphatic carbocycles. The molecule has 1 rings (SSSR count). The SMILES string of the molecule is CC(C)C(N)c1occc1O. The van der Waals surface area contributed by atoms with E-state index in [1.54, 1.807) is 0 Å². The first-order valence-electron chi connectivity index (χ1n) is 3.65. The standard InChI is InChI=1S/C8H13NO2/c1-5(2)7(9)8-6(10)3-4-11-8/h3-5,7,10H,9H2,1-2H3. The molecule has 1 unspecified atom stereocenters. The van der Waals surface area contributed by atoms with Crippen LogP contribution in [0.1, 0.15) is 25.6 Å². The van der Waals surface area contributed by atoms with Crippen molar-refractivity contribution >= 4 is 0 Å². The molecule has 1 heterocycles. The number of aromatic hydroxyl groups is 1. The largest absolute Gasteiger partial charge is 0.504 e. The monoisotopic (exact) mass is 155 g/mol. The number of rotatable bonds is 2. The first-order valence-corrected chi connectivity index (χ1v) is 3.65. The maximum atomic E-state index is 9.20. The van der Waals surface area contributed by atoms with Crippen LogP contribution < -0.4 is 5.73 Å². The smallest absolute Gasteiger partial charge is 0.162 e. The van der Waals surface area contributed by atoms with Crippen LogP contribution in [-0.2, 0) is 0 Å². The average Bonchev–Trinajstić information content (AvgIpc) is 2.33. The van der Waals surface area contributed by atoms with Crippen molar-refractivity contribution < 1.29 is 9.52 Å². The number of nitrogens with two attached hydrogens (primary N) is 1. The van der Waals surface area contributed by atoms with Crippen LogP contribution in [0.25, 0.3) is 0 Å². The van der Waals surface area contributed by atoms with Gasteiger partial charge in [0.25, 0.3) is 0 Å². The van der Waals surface area contributed by atoms with Gasteiger partial charge in [0.05, 0.1) is 12.3 Å². The van der Waals surface area contributed by atoms with Gasteiger partial charge in [0.1, 0.15) is 0 Å². The molecule has 62 valence electrons. The first-order chi connectivity index (χ1) is 5.13. The minimum Gasteiger partial charge on any atom is -0.504 e. The van der Waals surface area contributed by atoms with Gasteiger partial charge in [-0.1, -0.05) is 13.8 Å². The first kappa shape index (κ1) is 8.14. The molecule has 11 heavy (non-hydrogen) atoms. The fraction of sp³-hybridized carbons (Fsp3) is 0.500. The van der Waals surface area contributed by atoms with E-state index < -0.39 is 0 Å². The normalized spacial score (nSPS) is 13.8. The summed E-state index contributed by atoms with van der Waals surface area (Å²) in [6.45, 7) is 3.96. The molecule has 0 radical (unpaired) electrons. The predicted octanol–water partition coefficient (Wildman–Crippen LogP) is 1.64. The van der Waals surface area contributed by atoms with E-state index in [9.17, 15) is 5.11 Å². The second-order valence-corrected chi connectivity index (χ2v) is 2.94. The van der Waals surface area contributed by atoms with E-state index in [0.29, 0.717) is 5.76 Å². The van der Waals surface area contributed by atoms with Crippen molar-refractivity contribution in [1.29, 1.82) is 0 Å². The number of hydrogen-bond donors (Lipinski definition) is 2. The summed E-state index contributed by atoms with van der Waals surface area (Å²) in [5.41, 5.74) is 5.73. The third kappa shape index (κ3) is 1.54. The Morgan fingerprint density at radius 1 is 1.55 bits per heavy atom. The van der Waals surface area contributed by atoms with E-state index in [4.69, 9.17) is 10.2 Å². The maximum Gasteiger partial charge on any atom is 0.162 e. The summed E-state index contributed by atoms with van der Waals surface area (Å²) < 4.78 is 5.01. The molecule has 0 saturated carbocycles. The highest BCUT2D eigenvalue weighted by molar-refractivity contribution is 5.25. The Bertz CT molecular complexity index is 230. The molecule has 0 aromatic carbocycles. The van der Waals surface area contributed by atoms with Gasteiger partial charge in [0.15, 0.2) is 11.5 Å². The zero-order valence-corrected chi connectivity index (χ0v) is 6.74. The fourth-order valence-corrected chi connectivity index (χ4v) is 0.866. The van der Waals surface area contributed by atoms with Gasteiger partial charge in [-0.25, -0.2) is 0 Å². The van der Waals surface area contributed by atoms with E-state index in [-0.39, 0.29) is 17.7 Å². The van der Waals surface area contributed by atoms with Crippen molar-refractivity contribution in [2.45, 2.75) is 19.9 Å². The second kappa shape index (κ2) is 2.96. The molecule has 0 saturated heterocycles. The lowest BCUT2D eigenvalue weighted by atomic mass is 10.0. The van der Waals surface area contributed by atoms with E-state index in [1.165, 1.54) is 12.3 Å². The number of hydrogen-bond acceptors (Lipinski definition) is 3. The average molecular weight is 155 g/mol. The molecule has 1 aromatic rings. The van der Waals surface area contributed by atoms with Crippen molar-refractivity contribution in [3.63, 3.8) is 0 Å². The van der Waals surface area contributed by atoms with Crippen LogP contribution in [0.4, 0.5) is 0 Å². The molecule has 0 aliphatic rings. The molecule has 0 aliphatic heterocycles. The molecular weight excluding hydrogens is 142 g/mol. The molecule has 0 bridgehead atoms. The van der Waals surface area contributed by atoms with Gasteiger partial charge >= 0.3 is 0 Å². The molecule has 0 spiro atoms. The van der Waals surface area contributed by atoms with E-state index in [1.807, 2.05) is 13.8 Å². The van der Waals surface area contributed by atoms with Crippen molar-refractivity contribution in [3.05, 3.63) is 18.1 Å². The third-order valence-corrected chi connectivity index (χ3v) is 1.69. The number of furan rings is 1. The van der Waals surface area contributed by atoms with Gasteiger partial charge in [-0.05, 0) is 5.92 Å². The van der Waals surface area contributed by atoms with Crippen molar-refractivity contribution in [2.24, 2.45) is 11.7 Å². The summed E-state index contributed by atoms with van der Waals surface area (Å²) in [5.74, 6) is 0.887. The maximum absolute atomic E-state index is 9.20. The van der Waals surface area contributed by atoms with Crippen molar-refractivity contribution in [1.82, 2.24) is 0 Å². The highest BCUT2D eigenvalue weighted by Gasteiger charge is 2.17. The van der Waals surface area contributed by atoms with E-state index >= 15 is 0 Å². The Labute approximate surface area is 65.8 Å². The van der Waals surface area contributed by atoms with Crippen LogP contribution >= 0.6 is 0 Å². The van der Waals surface area contributed by atoms with Gasteiger partial charge in [-0.3, -0.25) is 0 Å². The van der Waals surface area contributed by atoms with Gasteiger partial charge in [-0.2, -0.15) is 0 Å². The van der Waals surface area contributed by atoms with Crippen molar-refractivity contribution in [3.8, 4) is 5.75 Å². The quantitative estimate of drug-likeness (QED) is 0.682. The molecule has 0 amide bonds. The summed E-state index contributed by atoms with van der Waals surface area (Å²) in [6, 6.07) is 1.28. The highest BCUT2D eigenvalue weighted by atomic mass is 16.4. The van der Waals surface area contributed by atoms with Crippen LogP contribution in [0.3, 0.4) is 0 Å². The third-order valence-electron chi connectivity index (χ3n) is 1.69. The van der Waals surface area contributed by atoms with Gasteiger partial charge < -0.3 is 15.3 Å². The van der Waals surface area contributed by atoms with Crippen LogP contribution in [0, 0.1) is 5.92 Å². The van der Waals surface area contributed by atoms with Gasteiger partial charge in [0.2, 0.25) is 0 Å². The summed E-state index contributed by atoms with van der Waals surface area (Å²) in [7, 11) is 0. The lowest BCUT2D eigenvalue weighted by molar-refractivity contribution is 0.369. The van der Waals surface area contributed by atoms with Crippen LogP contribution in [0.2, 0.25) is 0 Å². The predicted molar refractivity (Wildman–Crippen MR) is 42.1 cm³/mol. The Morgan fingerprint density at radius 3 is 2.55 bits per heavy atom. The lowest BCUT2D eigenvalue weighted by Crippen LogP contribution is -2.15. The summed E-state index contributed by atoms with van der Waals surface area (Å²) in [5, 5.41) is 9.20. The fourth-order valence-electron chi connectivity index (χ4n) is 0.866. The Balaban J connectivity index is 2.84. The molecule has 3 nitrogen and oxygen atoms in total. The lowest BCUT2D eigenvalue weighted by Gasteiger charge is -2.12. The van der Waals surface area contributed by atoms with Crippen LogP contribution in [0.5, 0.6) is 5.75 Å². The zero-order valence-electron chi connectivity index (χ0n) is 6.74. The van der Waals surface area contributed by atoms with E-state index in [0.717, 1.165) is 0 Å². The summed E-state index contributed by atoms with van der Waals surface area (Å²) in [6.07, 6.45) is 1.44. The Kier molecular flexibility index (Phi) is 2.19. The molecule has 3 heteroatoms. The topological polar surface area (TPSA) is 59.4 Å². The minimum atomic E-state index is -0.218. The Hall–Kier alpha value is -0.960. The minimum absolute atomic E-state index is 0.145. The van der Waals surface area contributed by atoms with E-state index in [2.05, 4.69) is 0 Å². The molecular formula is C8H13NO2. The van der Waals surface area contributed by atoms with Crippen LogP contribution in [0.15, 0.2) is 16.7 Å². The highest BCUT2D eigenvalue weighted by Crippen LogP contribution is 2.27. The van der Waals surface area contributed by atoms with Gasteiger partial charge in [0, 0.05) is 6.07 Å².